The Morgan fingerprint density at radius 1 is 1.41 bits per heavy atom. The number of aliphatic carboxylic acids is 1. The summed E-state index contributed by atoms with van der Waals surface area (Å²) in [5.74, 6) is -0.346. The second-order valence-electron chi connectivity index (χ2n) is 4.62. The highest BCUT2D eigenvalue weighted by Gasteiger charge is 2.03. The van der Waals surface area contributed by atoms with Crippen LogP contribution in [-0.4, -0.2) is 11.1 Å². The van der Waals surface area contributed by atoms with Crippen molar-refractivity contribution in [3.05, 3.63) is 47.0 Å². The van der Waals surface area contributed by atoms with Crippen LogP contribution in [0.15, 0.2) is 30.4 Å². The quantitative estimate of drug-likeness (QED) is 0.786. The molecule has 0 spiro atoms. The van der Waals surface area contributed by atoms with E-state index in [1.54, 1.807) is 6.08 Å². The highest BCUT2D eigenvalue weighted by Crippen LogP contribution is 2.19. The molecule has 0 aliphatic rings. The zero-order valence-electron chi connectivity index (χ0n) is 10.7. The molecule has 0 saturated heterocycles. The Balaban J connectivity index is 2.69. The van der Waals surface area contributed by atoms with Gasteiger partial charge in [0, 0.05) is 6.08 Å². The van der Waals surface area contributed by atoms with Crippen LogP contribution in [0, 0.1) is 6.92 Å². The molecule has 0 fully saturated rings. The monoisotopic (exact) mass is 232 g/mol. The van der Waals surface area contributed by atoms with Crippen LogP contribution >= 0.6 is 0 Å². The Bertz CT molecular complexity index is 417. The van der Waals surface area contributed by atoms with Gasteiger partial charge in [0.1, 0.15) is 0 Å². The first kappa shape index (κ1) is 13.5. The topological polar surface area (TPSA) is 37.3 Å². The zero-order valence-corrected chi connectivity index (χ0v) is 10.7. The van der Waals surface area contributed by atoms with Crippen molar-refractivity contribution in [1.29, 1.82) is 0 Å². The Hall–Kier alpha value is -1.57. The number of benzene rings is 1. The number of rotatable bonds is 5. The molecule has 0 atom stereocenters. The summed E-state index contributed by atoms with van der Waals surface area (Å²) >= 11 is 0. The number of carboxylic acid groups (broad SMARTS) is 1. The summed E-state index contributed by atoms with van der Waals surface area (Å²) in [6.07, 6.45) is 4.59. The first-order valence-corrected chi connectivity index (χ1v) is 5.99. The van der Waals surface area contributed by atoms with Crippen molar-refractivity contribution in [1.82, 2.24) is 0 Å². The van der Waals surface area contributed by atoms with Gasteiger partial charge in [-0.05, 0) is 42.4 Å². The standard InChI is InChI=1S/C15H20O2/c1-11(2)13-9-8-12(3)14(10-13)6-4-5-7-15(16)17/h5,7-11H,4,6H2,1-3H3,(H,16,17)/b7-5+. The summed E-state index contributed by atoms with van der Waals surface area (Å²) in [6, 6.07) is 6.54. The fourth-order valence-electron chi connectivity index (χ4n) is 1.74. The third-order valence-corrected chi connectivity index (χ3v) is 2.88. The molecule has 0 amide bonds. The van der Waals surface area contributed by atoms with Crippen LogP contribution in [0.1, 0.15) is 42.9 Å². The van der Waals surface area contributed by atoms with Crippen LogP contribution in [-0.2, 0) is 11.2 Å². The molecule has 1 N–H and O–H groups in total. The van der Waals surface area contributed by atoms with Crippen molar-refractivity contribution in [3.63, 3.8) is 0 Å². The van der Waals surface area contributed by atoms with E-state index in [4.69, 9.17) is 5.11 Å². The lowest BCUT2D eigenvalue weighted by Gasteiger charge is -2.10. The van der Waals surface area contributed by atoms with Gasteiger partial charge < -0.3 is 5.11 Å². The largest absolute Gasteiger partial charge is 0.478 e. The molecule has 0 aliphatic carbocycles. The molecule has 0 saturated carbocycles. The van der Waals surface area contributed by atoms with Gasteiger partial charge in [-0.2, -0.15) is 0 Å². The maximum Gasteiger partial charge on any atom is 0.327 e. The number of aryl methyl sites for hydroxylation is 2. The lowest BCUT2D eigenvalue weighted by Crippen LogP contribution is -1.94. The van der Waals surface area contributed by atoms with Gasteiger partial charge in [0.15, 0.2) is 0 Å². The van der Waals surface area contributed by atoms with E-state index in [0.717, 1.165) is 12.8 Å². The molecular formula is C15H20O2. The van der Waals surface area contributed by atoms with Crippen molar-refractivity contribution in [2.75, 3.05) is 0 Å². The SMILES string of the molecule is Cc1ccc(C(C)C)cc1CC/C=C/C(=O)O. The minimum atomic E-state index is -0.877. The Kier molecular flexibility index (Phi) is 4.95. The third-order valence-electron chi connectivity index (χ3n) is 2.88. The van der Waals surface area contributed by atoms with E-state index >= 15 is 0 Å². The number of carbonyl (C=O) groups is 1. The summed E-state index contributed by atoms with van der Waals surface area (Å²) in [7, 11) is 0. The van der Waals surface area contributed by atoms with E-state index in [-0.39, 0.29) is 0 Å². The molecule has 1 rings (SSSR count). The number of carboxylic acids is 1. The van der Waals surface area contributed by atoms with Gasteiger partial charge in [-0.1, -0.05) is 38.1 Å². The van der Waals surface area contributed by atoms with Crippen LogP contribution in [0.5, 0.6) is 0 Å². The number of hydrogen-bond donors (Lipinski definition) is 1. The first-order chi connectivity index (χ1) is 8.00. The molecule has 92 valence electrons. The lowest BCUT2D eigenvalue weighted by molar-refractivity contribution is -0.131. The predicted molar refractivity (Wildman–Crippen MR) is 70.4 cm³/mol. The average molecular weight is 232 g/mol. The summed E-state index contributed by atoms with van der Waals surface area (Å²) in [4.78, 5) is 10.3. The molecule has 0 aromatic heterocycles. The molecule has 1 aromatic carbocycles. The minimum absolute atomic E-state index is 0.531. The second-order valence-corrected chi connectivity index (χ2v) is 4.62. The maximum absolute atomic E-state index is 10.3. The van der Waals surface area contributed by atoms with Crippen LogP contribution in [0.3, 0.4) is 0 Å². The molecule has 0 bridgehead atoms. The van der Waals surface area contributed by atoms with Gasteiger partial charge in [-0.3, -0.25) is 0 Å². The van der Waals surface area contributed by atoms with E-state index in [1.165, 1.54) is 22.8 Å². The Morgan fingerprint density at radius 2 is 2.12 bits per heavy atom. The fourth-order valence-corrected chi connectivity index (χ4v) is 1.74. The first-order valence-electron chi connectivity index (χ1n) is 5.99. The Labute approximate surface area is 103 Å². The van der Waals surface area contributed by atoms with Gasteiger partial charge in [-0.15, -0.1) is 0 Å². The fraction of sp³-hybridized carbons (Fsp3) is 0.400. The van der Waals surface area contributed by atoms with Crippen LogP contribution < -0.4 is 0 Å². The number of hydrogen-bond acceptors (Lipinski definition) is 1. The minimum Gasteiger partial charge on any atom is -0.478 e. The third kappa shape index (κ3) is 4.43. The molecule has 2 heteroatoms. The molecule has 0 aliphatic heterocycles. The van der Waals surface area contributed by atoms with Crippen molar-refractivity contribution in [3.8, 4) is 0 Å². The highest BCUT2D eigenvalue weighted by molar-refractivity contribution is 5.79. The zero-order chi connectivity index (χ0) is 12.8. The summed E-state index contributed by atoms with van der Waals surface area (Å²) in [5.41, 5.74) is 3.93. The predicted octanol–water partition coefficient (Wildman–Crippen LogP) is 3.69. The van der Waals surface area contributed by atoms with E-state index in [1.807, 2.05) is 0 Å². The van der Waals surface area contributed by atoms with Crippen molar-refractivity contribution in [2.24, 2.45) is 0 Å². The summed E-state index contributed by atoms with van der Waals surface area (Å²) < 4.78 is 0. The molecule has 17 heavy (non-hydrogen) atoms. The molecule has 2 nitrogen and oxygen atoms in total. The van der Waals surface area contributed by atoms with Crippen molar-refractivity contribution >= 4 is 5.97 Å². The van der Waals surface area contributed by atoms with Gasteiger partial charge in [0.2, 0.25) is 0 Å². The molecule has 0 heterocycles. The van der Waals surface area contributed by atoms with E-state index in [9.17, 15) is 4.79 Å². The second kappa shape index (κ2) is 6.24. The average Bonchev–Trinajstić information content (AvgIpc) is 2.25. The van der Waals surface area contributed by atoms with E-state index in [2.05, 4.69) is 39.0 Å². The molecule has 1 aromatic rings. The molecule has 0 unspecified atom stereocenters. The summed E-state index contributed by atoms with van der Waals surface area (Å²) in [6.45, 7) is 6.46. The van der Waals surface area contributed by atoms with E-state index in [0.29, 0.717) is 5.92 Å². The van der Waals surface area contributed by atoms with Crippen molar-refractivity contribution in [2.45, 2.75) is 39.5 Å². The maximum atomic E-state index is 10.3. The van der Waals surface area contributed by atoms with Gasteiger partial charge >= 0.3 is 5.97 Å². The molecule has 0 radical (unpaired) electrons. The normalized spacial score (nSPS) is 11.3. The van der Waals surface area contributed by atoms with Crippen LogP contribution in [0.2, 0.25) is 0 Å². The smallest absolute Gasteiger partial charge is 0.327 e. The summed E-state index contributed by atoms with van der Waals surface area (Å²) in [5, 5.41) is 8.50. The molecular weight excluding hydrogens is 212 g/mol. The Morgan fingerprint density at radius 3 is 2.71 bits per heavy atom. The van der Waals surface area contributed by atoms with Gasteiger partial charge in [0.25, 0.3) is 0 Å². The highest BCUT2D eigenvalue weighted by atomic mass is 16.4. The lowest BCUT2D eigenvalue weighted by atomic mass is 9.95. The van der Waals surface area contributed by atoms with Gasteiger partial charge in [-0.25, -0.2) is 4.79 Å². The van der Waals surface area contributed by atoms with Crippen molar-refractivity contribution < 1.29 is 9.90 Å². The van der Waals surface area contributed by atoms with Crippen LogP contribution in [0.4, 0.5) is 0 Å². The van der Waals surface area contributed by atoms with Crippen LogP contribution in [0.25, 0.3) is 0 Å². The number of allylic oxidation sites excluding steroid dienone is 1. The van der Waals surface area contributed by atoms with E-state index < -0.39 is 5.97 Å². The van der Waals surface area contributed by atoms with Gasteiger partial charge in [0.05, 0.1) is 0 Å².